The first-order chi connectivity index (χ1) is 13.5. The number of amides is 1. The van der Waals surface area contributed by atoms with Crippen molar-refractivity contribution >= 4 is 5.91 Å². The Labute approximate surface area is 160 Å². The molecule has 28 heavy (non-hydrogen) atoms. The van der Waals surface area contributed by atoms with Crippen LogP contribution >= 0.6 is 0 Å². The summed E-state index contributed by atoms with van der Waals surface area (Å²) in [5.74, 6) is -0.604. The molecular formula is C20H20F2N2O4. The molecule has 1 amide bonds. The average molecular weight is 390 g/mol. The van der Waals surface area contributed by atoms with E-state index in [4.69, 9.17) is 8.83 Å². The first-order valence-corrected chi connectivity index (χ1v) is 8.78. The Morgan fingerprint density at radius 2 is 2.14 bits per heavy atom. The molecule has 0 aliphatic carbocycles. The average Bonchev–Trinajstić information content (AvgIpc) is 3.32. The van der Waals surface area contributed by atoms with Gasteiger partial charge in [-0.3, -0.25) is 4.79 Å². The molecule has 1 atom stereocenters. The first-order valence-electron chi connectivity index (χ1n) is 8.78. The second kappa shape index (κ2) is 8.79. The Morgan fingerprint density at radius 3 is 2.86 bits per heavy atom. The van der Waals surface area contributed by atoms with Crippen LogP contribution in [0.2, 0.25) is 0 Å². The zero-order valence-corrected chi connectivity index (χ0v) is 15.2. The summed E-state index contributed by atoms with van der Waals surface area (Å²) >= 11 is 0. The van der Waals surface area contributed by atoms with E-state index in [0.29, 0.717) is 23.1 Å². The van der Waals surface area contributed by atoms with Gasteiger partial charge in [-0.05, 0) is 49.2 Å². The van der Waals surface area contributed by atoms with E-state index in [1.165, 1.54) is 6.26 Å². The Kier molecular flexibility index (Phi) is 6.20. The van der Waals surface area contributed by atoms with E-state index in [2.05, 4.69) is 10.3 Å². The lowest BCUT2D eigenvalue weighted by Gasteiger charge is -2.15. The van der Waals surface area contributed by atoms with Crippen molar-refractivity contribution in [1.82, 2.24) is 10.3 Å². The number of aliphatic hydroxyl groups is 1. The van der Waals surface area contributed by atoms with Crippen molar-refractivity contribution in [2.75, 3.05) is 13.2 Å². The monoisotopic (exact) mass is 390 g/mol. The Balaban J connectivity index is 1.56. The standard InChI is InChI=1S/C20H20F2N2O4/c1-12-17(24-20(28-12)18-3-2-6-27-18)9-19(26)23-10-13(11-25)7-14-8-15(21)4-5-16(14)22/h2-6,8,13,25H,7,9-11H2,1H3,(H,23,26). The van der Waals surface area contributed by atoms with Crippen LogP contribution in [0.5, 0.6) is 0 Å². The number of benzene rings is 1. The van der Waals surface area contributed by atoms with Crippen LogP contribution < -0.4 is 5.32 Å². The molecule has 6 nitrogen and oxygen atoms in total. The van der Waals surface area contributed by atoms with Crippen LogP contribution in [0.3, 0.4) is 0 Å². The van der Waals surface area contributed by atoms with Crippen molar-refractivity contribution in [2.45, 2.75) is 19.8 Å². The molecule has 0 fully saturated rings. The normalized spacial score (nSPS) is 12.1. The maximum atomic E-state index is 13.8. The van der Waals surface area contributed by atoms with Crippen LogP contribution in [0, 0.1) is 24.5 Å². The maximum absolute atomic E-state index is 13.8. The molecule has 8 heteroatoms. The maximum Gasteiger partial charge on any atom is 0.263 e. The van der Waals surface area contributed by atoms with Gasteiger partial charge in [-0.25, -0.2) is 13.8 Å². The second-order valence-corrected chi connectivity index (χ2v) is 6.47. The Morgan fingerprint density at radius 1 is 1.32 bits per heavy atom. The number of carbonyl (C=O) groups excluding carboxylic acids is 1. The fourth-order valence-electron chi connectivity index (χ4n) is 2.78. The Hall–Kier alpha value is -3.00. The SMILES string of the molecule is Cc1oc(-c2ccco2)nc1CC(=O)NCC(CO)Cc1cc(F)ccc1F. The highest BCUT2D eigenvalue weighted by atomic mass is 19.1. The van der Waals surface area contributed by atoms with Gasteiger partial charge in [0, 0.05) is 19.1 Å². The zero-order valence-electron chi connectivity index (χ0n) is 15.2. The summed E-state index contributed by atoms with van der Waals surface area (Å²) in [4.78, 5) is 16.5. The molecule has 1 aromatic carbocycles. The van der Waals surface area contributed by atoms with Crippen LogP contribution in [-0.4, -0.2) is 29.1 Å². The number of aromatic nitrogens is 1. The molecule has 0 aliphatic rings. The highest BCUT2D eigenvalue weighted by Gasteiger charge is 2.18. The predicted octanol–water partition coefficient (Wildman–Crippen LogP) is 3.03. The molecule has 0 radical (unpaired) electrons. The summed E-state index contributed by atoms with van der Waals surface area (Å²) in [7, 11) is 0. The van der Waals surface area contributed by atoms with Crippen LogP contribution in [-0.2, 0) is 17.6 Å². The van der Waals surface area contributed by atoms with Gasteiger partial charge in [-0.15, -0.1) is 0 Å². The lowest BCUT2D eigenvalue weighted by Crippen LogP contribution is -2.33. The summed E-state index contributed by atoms with van der Waals surface area (Å²) in [5, 5.41) is 12.2. The molecule has 0 spiro atoms. The summed E-state index contributed by atoms with van der Waals surface area (Å²) in [5.41, 5.74) is 0.629. The number of carbonyl (C=O) groups is 1. The molecule has 2 aromatic heterocycles. The molecule has 2 N–H and O–H groups in total. The van der Waals surface area contributed by atoms with Crippen LogP contribution in [0.4, 0.5) is 8.78 Å². The molecule has 0 aliphatic heterocycles. The summed E-state index contributed by atoms with van der Waals surface area (Å²) in [6.45, 7) is 1.54. The van der Waals surface area contributed by atoms with E-state index in [9.17, 15) is 18.7 Å². The van der Waals surface area contributed by atoms with Crippen LogP contribution in [0.25, 0.3) is 11.7 Å². The number of rotatable bonds is 8. The zero-order chi connectivity index (χ0) is 20.1. The van der Waals surface area contributed by atoms with Crippen molar-refractivity contribution in [3.8, 4) is 11.7 Å². The van der Waals surface area contributed by atoms with Gasteiger partial charge in [0.25, 0.3) is 5.89 Å². The molecule has 0 saturated heterocycles. The van der Waals surface area contributed by atoms with E-state index in [-0.39, 0.29) is 37.5 Å². The van der Waals surface area contributed by atoms with E-state index >= 15 is 0 Å². The highest BCUT2D eigenvalue weighted by Crippen LogP contribution is 2.22. The second-order valence-electron chi connectivity index (χ2n) is 6.47. The minimum absolute atomic E-state index is 0.0114. The quantitative estimate of drug-likeness (QED) is 0.617. The minimum Gasteiger partial charge on any atom is -0.459 e. The molecule has 0 bridgehead atoms. The predicted molar refractivity (Wildman–Crippen MR) is 96.3 cm³/mol. The minimum atomic E-state index is -0.550. The van der Waals surface area contributed by atoms with Gasteiger partial charge in [0.05, 0.1) is 18.4 Å². The lowest BCUT2D eigenvalue weighted by molar-refractivity contribution is -0.120. The number of furan rings is 1. The van der Waals surface area contributed by atoms with E-state index < -0.39 is 17.6 Å². The van der Waals surface area contributed by atoms with Crippen molar-refractivity contribution in [1.29, 1.82) is 0 Å². The van der Waals surface area contributed by atoms with E-state index in [1.54, 1.807) is 19.1 Å². The lowest BCUT2D eigenvalue weighted by atomic mass is 9.99. The van der Waals surface area contributed by atoms with Gasteiger partial charge in [0.15, 0.2) is 5.76 Å². The smallest absolute Gasteiger partial charge is 0.263 e. The first kappa shape index (κ1) is 19.8. The van der Waals surface area contributed by atoms with Crippen LogP contribution in [0.15, 0.2) is 45.4 Å². The largest absolute Gasteiger partial charge is 0.459 e. The third-order valence-electron chi connectivity index (χ3n) is 4.32. The van der Waals surface area contributed by atoms with Crippen molar-refractivity contribution in [2.24, 2.45) is 5.92 Å². The molecule has 3 aromatic rings. The third kappa shape index (κ3) is 4.83. The fraction of sp³-hybridized carbons (Fsp3) is 0.300. The van der Waals surface area contributed by atoms with Gasteiger partial charge in [-0.1, -0.05) is 0 Å². The fourth-order valence-corrected chi connectivity index (χ4v) is 2.78. The topological polar surface area (TPSA) is 88.5 Å². The third-order valence-corrected chi connectivity index (χ3v) is 4.32. The number of nitrogens with zero attached hydrogens (tertiary/aromatic N) is 1. The van der Waals surface area contributed by atoms with Crippen LogP contribution in [0.1, 0.15) is 17.0 Å². The van der Waals surface area contributed by atoms with Crippen molar-refractivity contribution in [3.05, 3.63) is 65.2 Å². The Bertz CT molecular complexity index is 938. The molecule has 2 heterocycles. The molecule has 0 saturated carbocycles. The molecular weight excluding hydrogens is 370 g/mol. The molecule has 3 rings (SSSR count). The van der Waals surface area contributed by atoms with Gasteiger partial charge in [0.2, 0.25) is 5.91 Å². The van der Waals surface area contributed by atoms with Gasteiger partial charge in [-0.2, -0.15) is 0 Å². The van der Waals surface area contributed by atoms with Gasteiger partial charge < -0.3 is 19.3 Å². The van der Waals surface area contributed by atoms with Crippen molar-refractivity contribution in [3.63, 3.8) is 0 Å². The van der Waals surface area contributed by atoms with E-state index in [1.807, 2.05) is 0 Å². The number of oxazole rings is 1. The van der Waals surface area contributed by atoms with E-state index in [0.717, 1.165) is 18.2 Å². The summed E-state index contributed by atoms with van der Waals surface area (Å²) in [6.07, 6.45) is 1.59. The number of halogens is 2. The summed E-state index contributed by atoms with van der Waals surface area (Å²) in [6, 6.07) is 6.58. The number of aryl methyl sites for hydroxylation is 1. The van der Waals surface area contributed by atoms with Gasteiger partial charge >= 0.3 is 0 Å². The highest BCUT2D eigenvalue weighted by molar-refractivity contribution is 5.78. The summed E-state index contributed by atoms with van der Waals surface area (Å²) < 4.78 is 37.8. The molecule has 1 unspecified atom stereocenters. The number of hydrogen-bond donors (Lipinski definition) is 2. The van der Waals surface area contributed by atoms with Crippen molar-refractivity contribution < 1.29 is 27.5 Å². The number of nitrogens with one attached hydrogen (secondary N) is 1. The molecule has 148 valence electrons. The number of hydrogen-bond acceptors (Lipinski definition) is 5. The number of aliphatic hydroxyl groups excluding tert-OH is 1. The van der Waals surface area contributed by atoms with Gasteiger partial charge in [0.1, 0.15) is 17.4 Å².